The Morgan fingerprint density at radius 1 is 1.31 bits per heavy atom. The number of aromatic nitrogens is 3. The maximum absolute atomic E-state index is 12.2. The van der Waals surface area contributed by atoms with E-state index >= 15 is 0 Å². The zero-order chi connectivity index (χ0) is 18.7. The molecule has 0 bridgehead atoms. The lowest BCUT2D eigenvalue weighted by atomic mass is 10.3. The highest BCUT2D eigenvalue weighted by Crippen LogP contribution is 2.20. The fourth-order valence-electron chi connectivity index (χ4n) is 2.29. The Bertz CT molecular complexity index is 988. The third kappa shape index (κ3) is 4.01. The molecule has 0 fully saturated rings. The number of amides is 1. The maximum Gasteiger partial charge on any atom is 0.269 e. The van der Waals surface area contributed by atoms with Crippen LogP contribution in [-0.2, 0) is 4.79 Å². The van der Waals surface area contributed by atoms with Crippen LogP contribution in [0, 0.1) is 24.0 Å². The fraction of sp³-hybridized carbons (Fsp3) is 0.118. The molecule has 0 aliphatic heterocycles. The van der Waals surface area contributed by atoms with Gasteiger partial charge in [-0.05, 0) is 32.1 Å². The molecule has 3 aromatic rings. The number of nitro groups is 1. The quantitative estimate of drug-likeness (QED) is 0.421. The standard InChI is InChI=1S/C17H15N5O3S/c1-11-9-16(19-17(23)8-3-13-10-26-12(2)18-13)21(20-11)14-4-6-15(7-5-14)22(24)25/h3-10H,1-2H3,(H,19,23)/b8-3+. The fourth-order valence-corrected chi connectivity index (χ4v) is 2.87. The first-order valence-electron chi connectivity index (χ1n) is 7.65. The molecule has 26 heavy (non-hydrogen) atoms. The van der Waals surface area contributed by atoms with Gasteiger partial charge >= 0.3 is 0 Å². The van der Waals surface area contributed by atoms with Gasteiger partial charge < -0.3 is 5.32 Å². The molecule has 9 heteroatoms. The zero-order valence-corrected chi connectivity index (χ0v) is 14.9. The predicted octanol–water partition coefficient (Wildman–Crippen LogP) is 3.51. The van der Waals surface area contributed by atoms with Crippen LogP contribution >= 0.6 is 11.3 Å². The molecule has 0 spiro atoms. The third-order valence-corrected chi connectivity index (χ3v) is 4.22. The molecule has 1 aromatic carbocycles. The molecule has 0 unspecified atom stereocenters. The molecule has 0 aliphatic carbocycles. The van der Waals surface area contributed by atoms with Gasteiger partial charge in [0.2, 0.25) is 5.91 Å². The first-order chi connectivity index (χ1) is 12.4. The normalized spacial score (nSPS) is 11.0. The molecule has 0 aliphatic rings. The number of rotatable bonds is 5. The summed E-state index contributed by atoms with van der Waals surface area (Å²) in [5.41, 5.74) is 2.03. The van der Waals surface area contributed by atoms with Crippen molar-refractivity contribution in [3.8, 4) is 5.69 Å². The monoisotopic (exact) mass is 369 g/mol. The summed E-state index contributed by atoms with van der Waals surface area (Å²) in [7, 11) is 0. The first kappa shape index (κ1) is 17.5. The van der Waals surface area contributed by atoms with Gasteiger partial charge in [0.15, 0.2) is 0 Å². The number of non-ortho nitro benzene ring substituents is 1. The number of aryl methyl sites for hydroxylation is 2. The summed E-state index contributed by atoms with van der Waals surface area (Å²) in [5.74, 6) is 0.152. The van der Waals surface area contributed by atoms with E-state index in [1.165, 1.54) is 34.2 Å². The molecule has 0 atom stereocenters. The average Bonchev–Trinajstić information content (AvgIpc) is 3.18. The van der Waals surface area contributed by atoms with Gasteiger partial charge in [0.25, 0.3) is 5.69 Å². The van der Waals surface area contributed by atoms with E-state index in [4.69, 9.17) is 0 Å². The first-order valence-corrected chi connectivity index (χ1v) is 8.53. The number of benzene rings is 1. The van der Waals surface area contributed by atoms with Crippen molar-refractivity contribution < 1.29 is 9.72 Å². The summed E-state index contributed by atoms with van der Waals surface area (Å²) in [6, 6.07) is 7.66. The molecule has 0 saturated carbocycles. The number of anilines is 1. The van der Waals surface area contributed by atoms with E-state index in [-0.39, 0.29) is 11.6 Å². The number of thiazole rings is 1. The minimum atomic E-state index is -0.466. The smallest absolute Gasteiger partial charge is 0.269 e. The van der Waals surface area contributed by atoms with E-state index < -0.39 is 4.92 Å². The summed E-state index contributed by atoms with van der Waals surface area (Å²) in [4.78, 5) is 26.7. The molecule has 8 nitrogen and oxygen atoms in total. The molecule has 2 heterocycles. The predicted molar refractivity (Wildman–Crippen MR) is 99.5 cm³/mol. The second kappa shape index (κ2) is 7.28. The molecular weight excluding hydrogens is 354 g/mol. The maximum atomic E-state index is 12.2. The summed E-state index contributed by atoms with van der Waals surface area (Å²) in [5, 5.41) is 20.7. The molecule has 1 amide bonds. The SMILES string of the molecule is Cc1cc(NC(=O)/C=C/c2csc(C)n2)n(-c2ccc([N+](=O)[O-])cc2)n1. The van der Waals surface area contributed by atoms with Gasteiger partial charge in [-0.15, -0.1) is 11.3 Å². The molecule has 1 N–H and O–H groups in total. The molecular formula is C17H15N5O3S. The van der Waals surface area contributed by atoms with Gasteiger partial charge in [0.1, 0.15) is 5.82 Å². The van der Waals surface area contributed by atoms with Crippen molar-refractivity contribution in [3.05, 3.63) is 68.3 Å². The van der Waals surface area contributed by atoms with Crippen LogP contribution in [0.1, 0.15) is 16.4 Å². The Labute approximate surface area is 153 Å². The Kier molecular flexibility index (Phi) is 4.90. The number of carbonyl (C=O) groups excluding carboxylic acids is 1. The zero-order valence-electron chi connectivity index (χ0n) is 14.0. The van der Waals surface area contributed by atoms with Crippen LogP contribution in [0.3, 0.4) is 0 Å². The summed E-state index contributed by atoms with van der Waals surface area (Å²) < 4.78 is 1.53. The topological polar surface area (TPSA) is 103 Å². The van der Waals surface area contributed by atoms with Crippen LogP contribution in [0.15, 0.2) is 41.8 Å². The van der Waals surface area contributed by atoms with E-state index in [9.17, 15) is 14.9 Å². The Morgan fingerprint density at radius 3 is 2.65 bits per heavy atom. The van der Waals surface area contributed by atoms with Crippen molar-refractivity contribution in [1.29, 1.82) is 0 Å². The van der Waals surface area contributed by atoms with E-state index in [1.807, 2.05) is 12.3 Å². The van der Waals surface area contributed by atoms with Crippen molar-refractivity contribution in [2.45, 2.75) is 13.8 Å². The van der Waals surface area contributed by atoms with E-state index in [1.54, 1.807) is 31.2 Å². The molecule has 0 radical (unpaired) electrons. The number of nitrogens with zero attached hydrogens (tertiary/aromatic N) is 4. The van der Waals surface area contributed by atoms with Crippen LogP contribution in [0.5, 0.6) is 0 Å². The Hall–Kier alpha value is -3.33. The largest absolute Gasteiger partial charge is 0.307 e. The minimum absolute atomic E-state index is 0.00953. The van der Waals surface area contributed by atoms with Crippen molar-refractivity contribution >= 4 is 34.8 Å². The van der Waals surface area contributed by atoms with Crippen LogP contribution in [0.2, 0.25) is 0 Å². The molecule has 0 saturated heterocycles. The highest BCUT2D eigenvalue weighted by atomic mass is 32.1. The van der Waals surface area contributed by atoms with Gasteiger partial charge in [-0.2, -0.15) is 5.10 Å². The van der Waals surface area contributed by atoms with Crippen molar-refractivity contribution in [1.82, 2.24) is 14.8 Å². The second-order valence-electron chi connectivity index (χ2n) is 5.47. The van der Waals surface area contributed by atoms with Gasteiger partial charge in [-0.1, -0.05) is 0 Å². The number of nitro benzene ring substituents is 1. The van der Waals surface area contributed by atoms with Crippen molar-refractivity contribution in [2.24, 2.45) is 0 Å². The van der Waals surface area contributed by atoms with Crippen LogP contribution < -0.4 is 5.32 Å². The highest BCUT2D eigenvalue weighted by Gasteiger charge is 2.11. The summed E-state index contributed by atoms with van der Waals surface area (Å²) >= 11 is 1.51. The van der Waals surface area contributed by atoms with Crippen molar-refractivity contribution in [2.75, 3.05) is 5.32 Å². The van der Waals surface area contributed by atoms with Crippen LogP contribution in [-0.4, -0.2) is 25.6 Å². The van der Waals surface area contributed by atoms with Crippen molar-refractivity contribution in [3.63, 3.8) is 0 Å². The Balaban J connectivity index is 1.79. The second-order valence-corrected chi connectivity index (χ2v) is 6.53. The third-order valence-electron chi connectivity index (χ3n) is 3.43. The summed E-state index contributed by atoms with van der Waals surface area (Å²) in [6.07, 6.45) is 3.04. The Morgan fingerprint density at radius 2 is 2.04 bits per heavy atom. The molecule has 132 valence electrons. The van der Waals surface area contributed by atoms with Gasteiger partial charge in [-0.3, -0.25) is 14.9 Å². The lowest BCUT2D eigenvalue weighted by Crippen LogP contribution is -2.12. The van der Waals surface area contributed by atoms with Gasteiger partial charge in [0.05, 0.1) is 27.0 Å². The average molecular weight is 369 g/mol. The van der Waals surface area contributed by atoms with E-state index in [0.29, 0.717) is 17.2 Å². The van der Waals surface area contributed by atoms with E-state index in [0.717, 1.165) is 10.7 Å². The number of hydrogen-bond donors (Lipinski definition) is 1. The highest BCUT2D eigenvalue weighted by molar-refractivity contribution is 7.09. The molecule has 3 rings (SSSR count). The number of hydrogen-bond acceptors (Lipinski definition) is 6. The molecule has 2 aromatic heterocycles. The lowest BCUT2D eigenvalue weighted by molar-refractivity contribution is -0.384. The van der Waals surface area contributed by atoms with Crippen LogP contribution in [0.25, 0.3) is 11.8 Å². The van der Waals surface area contributed by atoms with E-state index in [2.05, 4.69) is 15.4 Å². The summed E-state index contributed by atoms with van der Waals surface area (Å²) in [6.45, 7) is 3.69. The lowest BCUT2D eigenvalue weighted by Gasteiger charge is -2.07. The van der Waals surface area contributed by atoms with Gasteiger partial charge in [-0.25, -0.2) is 9.67 Å². The number of carbonyl (C=O) groups is 1. The number of nitrogens with one attached hydrogen (secondary N) is 1. The van der Waals surface area contributed by atoms with Gasteiger partial charge in [0, 0.05) is 29.7 Å². The van der Waals surface area contributed by atoms with Crippen LogP contribution in [0.4, 0.5) is 11.5 Å². The minimum Gasteiger partial charge on any atom is -0.307 e.